The van der Waals surface area contributed by atoms with Gasteiger partial charge in [-0.1, -0.05) is 39.8 Å². The predicted molar refractivity (Wildman–Crippen MR) is 264 cm³/mol. The number of phenols is 1. The standard InChI is InChI=1S/C53H70N8O9/c1-9-60-43-16-15-34-27-39(43)40(46(60)38-13-10-20-55-44(38)32(4)69-8)28-52(5,6)30-70-51(67)53(68)18-12-21-61(57-53)50(66)42(25-33-23-36(34)26-37(62)24-33)56-47(63)45(31(2)3)58(7)48(64)35-17-22-59(29-35)49(65)41-14-11-19-54-41/h10,13,15-16,20,23-24,26-27,31-32,35,41-42,45,54,57,62,68H,9,11-12,14,17-19,21-22,25,28-30H2,1-8H3,(H,56,63)/t32-,35-,41+,42-,45-,53-/m0/s1. The first kappa shape index (κ1) is 50.5. The van der Waals surface area contributed by atoms with Crippen LogP contribution in [-0.2, 0) is 52.8 Å². The second-order valence-corrected chi connectivity index (χ2v) is 20.8. The normalized spacial score (nSPS) is 23.8. The summed E-state index contributed by atoms with van der Waals surface area (Å²) in [7, 11) is 3.23. The van der Waals surface area contributed by atoms with Crippen molar-refractivity contribution in [2.24, 2.45) is 17.3 Å². The van der Waals surface area contributed by atoms with Crippen LogP contribution in [0, 0.1) is 17.3 Å². The Balaban J connectivity index is 1.18. The molecular weight excluding hydrogens is 893 g/mol. The first-order valence-electron chi connectivity index (χ1n) is 24.9. The van der Waals surface area contributed by atoms with Gasteiger partial charge in [-0.3, -0.25) is 29.2 Å². The molecule has 4 aliphatic rings. The number of amides is 4. The molecule has 0 saturated carbocycles. The highest BCUT2D eigenvalue weighted by molar-refractivity contribution is 5.96. The van der Waals surface area contributed by atoms with E-state index < -0.39 is 46.9 Å². The van der Waals surface area contributed by atoms with Crippen molar-refractivity contribution in [2.45, 2.75) is 123 Å². The van der Waals surface area contributed by atoms with Crippen LogP contribution in [0.2, 0.25) is 0 Å². The summed E-state index contributed by atoms with van der Waals surface area (Å²) in [6, 6.07) is 12.7. The van der Waals surface area contributed by atoms with E-state index in [0.717, 1.165) is 63.4 Å². The van der Waals surface area contributed by atoms with Gasteiger partial charge in [0, 0.05) is 81.3 Å². The number of cyclic esters (lactones) is 1. The number of aryl methyl sites for hydroxylation is 1. The smallest absolute Gasteiger partial charge is 0.355 e. The number of benzene rings is 2. The maximum absolute atomic E-state index is 14.8. The van der Waals surface area contributed by atoms with Gasteiger partial charge in [0.05, 0.1) is 36.1 Å². The van der Waals surface area contributed by atoms with Crippen molar-refractivity contribution in [3.05, 3.63) is 71.5 Å². The first-order chi connectivity index (χ1) is 33.3. The van der Waals surface area contributed by atoms with E-state index in [4.69, 9.17) is 14.5 Å². The quantitative estimate of drug-likeness (QED) is 0.135. The number of aromatic hydroxyl groups is 1. The summed E-state index contributed by atoms with van der Waals surface area (Å²) in [6.07, 6.45) is 4.16. The van der Waals surface area contributed by atoms with E-state index in [1.807, 2.05) is 58.9 Å². The minimum atomic E-state index is -2.27. The molecule has 17 heteroatoms. The number of ether oxygens (including phenoxy) is 2. The number of methoxy groups -OCH3 is 1. The average Bonchev–Trinajstić information content (AvgIpc) is 4.12. The lowest BCUT2D eigenvalue weighted by molar-refractivity contribution is -0.189. The van der Waals surface area contributed by atoms with Gasteiger partial charge in [0.2, 0.25) is 23.4 Å². The second-order valence-electron chi connectivity index (χ2n) is 20.8. The number of aromatic nitrogens is 2. The van der Waals surface area contributed by atoms with Gasteiger partial charge < -0.3 is 44.7 Å². The molecular formula is C53H70N8O9. The van der Waals surface area contributed by atoms with Gasteiger partial charge in [0.15, 0.2) is 0 Å². The van der Waals surface area contributed by atoms with E-state index in [9.17, 15) is 34.2 Å². The maximum Gasteiger partial charge on any atom is 0.355 e. The van der Waals surface area contributed by atoms with Crippen LogP contribution in [0.1, 0.15) is 96.6 Å². The number of pyridine rings is 1. The lowest BCUT2D eigenvalue weighted by atomic mass is 9.84. The Morgan fingerprint density at radius 1 is 1.04 bits per heavy atom. The van der Waals surface area contributed by atoms with Gasteiger partial charge in [0.1, 0.15) is 17.8 Å². The van der Waals surface area contributed by atoms with Crippen LogP contribution in [0.5, 0.6) is 5.75 Å². The Morgan fingerprint density at radius 2 is 1.83 bits per heavy atom. The van der Waals surface area contributed by atoms with Crippen LogP contribution < -0.4 is 16.1 Å². The van der Waals surface area contributed by atoms with E-state index in [0.29, 0.717) is 37.1 Å². The summed E-state index contributed by atoms with van der Waals surface area (Å²) < 4.78 is 14.0. The molecule has 5 N–H and O–H groups in total. The number of likely N-dealkylation sites (N-methyl/N-ethyl adjacent to an activating group) is 1. The number of nitrogens with zero attached hydrogens (tertiary/aromatic N) is 5. The molecule has 3 saturated heterocycles. The fourth-order valence-corrected chi connectivity index (χ4v) is 11.0. The third-order valence-electron chi connectivity index (χ3n) is 14.6. The molecule has 2 aromatic carbocycles. The Morgan fingerprint density at radius 3 is 2.54 bits per heavy atom. The zero-order chi connectivity index (χ0) is 50.2. The third kappa shape index (κ3) is 10.2. The topological polar surface area (TPSA) is 208 Å². The second kappa shape index (κ2) is 20.5. The van der Waals surface area contributed by atoms with Crippen LogP contribution in [-0.4, -0.2) is 135 Å². The molecule has 4 amide bonds. The van der Waals surface area contributed by atoms with Crippen molar-refractivity contribution in [3.63, 3.8) is 0 Å². The van der Waals surface area contributed by atoms with Gasteiger partial charge in [0.25, 0.3) is 5.91 Å². The van der Waals surface area contributed by atoms with Crippen molar-refractivity contribution < 1.29 is 43.7 Å². The van der Waals surface area contributed by atoms with Crippen LogP contribution in [0.3, 0.4) is 0 Å². The number of phenolic OH excluding ortho intramolecular Hbond substituents is 1. The molecule has 0 aliphatic carbocycles. The molecule has 6 atom stereocenters. The number of hydrogen-bond acceptors (Lipinski definition) is 12. The van der Waals surface area contributed by atoms with Crippen LogP contribution >= 0.6 is 0 Å². The summed E-state index contributed by atoms with van der Waals surface area (Å²) in [5, 5.41) is 31.6. The molecule has 4 aliphatic heterocycles. The van der Waals surface area contributed by atoms with Crippen molar-refractivity contribution in [2.75, 3.05) is 46.9 Å². The zero-order valence-electron chi connectivity index (χ0n) is 41.8. The van der Waals surface area contributed by atoms with Crippen LogP contribution in [0.15, 0.2) is 54.7 Å². The molecule has 4 aromatic rings. The number of hydrazine groups is 1. The van der Waals surface area contributed by atoms with E-state index in [1.165, 1.54) is 4.90 Å². The molecule has 0 spiro atoms. The van der Waals surface area contributed by atoms with Crippen molar-refractivity contribution in [3.8, 4) is 28.1 Å². The first-order valence-corrected chi connectivity index (χ1v) is 24.9. The Hall–Kier alpha value is -5.88. The monoisotopic (exact) mass is 963 g/mol. The number of carbonyl (C=O) groups is 5. The molecule has 6 bridgehead atoms. The van der Waals surface area contributed by atoms with Gasteiger partial charge in [-0.05, 0) is 117 Å². The lowest BCUT2D eigenvalue weighted by Crippen LogP contribution is -2.67. The fraction of sp³-hybridized carbons (Fsp3) is 0.547. The van der Waals surface area contributed by atoms with E-state index >= 15 is 0 Å². The third-order valence-corrected chi connectivity index (χ3v) is 14.6. The summed E-state index contributed by atoms with van der Waals surface area (Å²) in [6.45, 7) is 13.9. The molecule has 2 aromatic heterocycles. The molecule has 17 nitrogen and oxygen atoms in total. The molecule has 70 heavy (non-hydrogen) atoms. The predicted octanol–water partition coefficient (Wildman–Crippen LogP) is 4.86. The number of carbonyl (C=O) groups excluding carboxylic acids is 5. The maximum atomic E-state index is 14.8. The highest BCUT2D eigenvalue weighted by Crippen LogP contribution is 2.42. The summed E-state index contributed by atoms with van der Waals surface area (Å²) in [5.41, 5.74) is 6.44. The SMILES string of the molecule is CCn1c(-c2cccnc2[C@H](C)OC)c2c3cc(ccc31)-c1cc(O)cc(c1)C[C@H](NC(=O)[C@H](C(C)C)N(C)C(=O)[C@H]1CCN(C(=O)[C@H]3CCCN3)C1)C(=O)N1CCC[C@@](O)(N1)C(=O)OCC(C)(C)C2. The summed E-state index contributed by atoms with van der Waals surface area (Å²) in [4.78, 5) is 78.8. The highest BCUT2D eigenvalue weighted by Gasteiger charge is 2.46. The Bertz CT molecular complexity index is 2640. The number of fused-ring (bicyclic) bond motifs is 6. The minimum absolute atomic E-state index is 0.00835. The molecule has 0 unspecified atom stereocenters. The van der Waals surface area contributed by atoms with Gasteiger partial charge >= 0.3 is 5.97 Å². The van der Waals surface area contributed by atoms with Crippen molar-refractivity contribution in [1.82, 2.24) is 40.4 Å². The zero-order valence-corrected chi connectivity index (χ0v) is 41.8. The van der Waals surface area contributed by atoms with Crippen molar-refractivity contribution >= 4 is 40.5 Å². The molecule has 8 rings (SSSR count). The average molecular weight is 963 g/mol. The fourth-order valence-electron chi connectivity index (χ4n) is 11.0. The number of hydrogen-bond donors (Lipinski definition) is 5. The van der Waals surface area contributed by atoms with E-state index in [-0.39, 0.29) is 74.6 Å². The molecule has 6 heterocycles. The number of nitrogens with one attached hydrogen (secondary N) is 3. The van der Waals surface area contributed by atoms with Gasteiger partial charge in [-0.2, -0.15) is 5.43 Å². The summed E-state index contributed by atoms with van der Waals surface area (Å²) >= 11 is 0. The number of aliphatic hydroxyl groups is 1. The summed E-state index contributed by atoms with van der Waals surface area (Å²) in [5.74, 6) is -3.36. The highest BCUT2D eigenvalue weighted by atomic mass is 16.6. The van der Waals surface area contributed by atoms with E-state index in [1.54, 1.807) is 37.4 Å². The lowest BCUT2D eigenvalue weighted by Gasteiger charge is -2.40. The van der Waals surface area contributed by atoms with Crippen LogP contribution in [0.4, 0.5) is 0 Å². The number of esters is 1. The minimum Gasteiger partial charge on any atom is -0.508 e. The van der Waals surface area contributed by atoms with E-state index in [2.05, 4.69) is 39.7 Å². The molecule has 0 radical (unpaired) electrons. The molecule has 376 valence electrons. The number of rotatable bonds is 10. The largest absolute Gasteiger partial charge is 0.508 e. The number of likely N-dealkylation sites (tertiary alicyclic amines) is 1. The van der Waals surface area contributed by atoms with Crippen molar-refractivity contribution in [1.29, 1.82) is 0 Å². The Kier molecular flexibility index (Phi) is 14.8. The van der Waals surface area contributed by atoms with Gasteiger partial charge in [-0.15, -0.1) is 0 Å². The van der Waals surface area contributed by atoms with Crippen LogP contribution in [0.25, 0.3) is 33.3 Å². The molecule has 3 fully saturated rings. The Labute approximate surface area is 410 Å². The van der Waals surface area contributed by atoms with Gasteiger partial charge in [-0.25, -0.2) is 4.79 Å².